The van der Waals surface area contributed by atoms with Crippen LogP contribution in [-0.4, -0.2) is 46.1 Å². The average Bonchev–Trinajstić information content (AvgIpc) is 3.05. The van der Waals surface area contributed by atoms with Gasteiger partial charge in [0.25, 0.3) is 5.91 Å². The molecule has 0 aliphatic carbocycles. The van der Waals surface area contributed by atoms with Crippen molar-refractivity contribution in [3.05, 3.63) is 40.4 Å². The Morgan fingerprint density at radius 2 is 2.07 bits per heavy atom. The lowest BCUT2D eigenvalue weighted by molar-refractivity contribution is 0.0808. The van der Waals surface area contributed by atoms with Gasteiger partial charge in [0.15, 0.2) is 0 Å². The molecule has 1 amide bonds. The van der Waals surface area contributed by atoms with Crippen LogP contribution in [0.25, 0.3) is 0 Å². The highest BCUT2D eigenvalue weighted by Gasteiger charge is 2.24. The molecule has 6 nitrogen and oxygen atoms in total. The van der Waals surface area contributed by atoms with Crippen molar-refractivity contribution in [3.63, 3.8) is 0 Å². The highest BCUT2D eigenvalue weighted by atomic mass is 32.1. The second kappa shape index (κ2) is 9.01. The normalized spacial score (nSPS) is 16.1. The number of nitrogens with zero attached hydrogens (tertiary/aromatic N) is 3. The Kier molecular flexibility index (Phi) is 6.67. The SMILES string of the molecule is Cc1nnsc1CNC(=O)c1cccc(OC2CCN(CC(C)(C)C)CC2)c1. The Morgan fingerprint density at radius 3 is 2.71 bits per heavy atom. The molecule has 0 saturated carbocycles. The van der Waals surface area contributed by atoms with E-state index in [1.807, 2.05) is 31.2 Å². The van der Waals surface area contributed by atoms with Crippen molar-refractivity contribution in [2.75, 3.05) is 19.6 Å². The standard InChI is InChI=1S/C21H30N4O2S/c1-15-19(28-24-23-15)13-22-20(26)16-6-5-7-18(12-16)27-17-8-10-25(11-9-17)14-21(2,3)4/h5-7,12,17H,8-11,13-14H2,1-4H3,(H,22,26). The fraction of sp³-hybridized carbons (Fsp3) is 0.571. The van der Waals surface area contributed by atoms with Crippen molar-refractivity contribution >= 4 is 17.4 Å². The number of likely N-dealkylation sites (tertiary alicyclic amines) is 1. The van der Waals surface area contributed by atoms with Crippen LogP contribution in [-0.2, 0) is 6.54 Å². The monoisotopic (exact) mass is 402 g/mol. The van der Waals surface area contributed by atoms with E-state index in [0.29, 0.717) is 17.5 Å². The van der Waals surface area contributed by atoms with Crippen molar-refractivity contribution in [2.45, 2.75) is 53.2 Å². The fourth-order valence-corrected chi connectivity index (χ4v) is 4.01. The van der Waals surface area contributed by atoms with Crippen LogP contribution < -0.4 is 10.1 Å². The molecule has 1 fully saturated rings. The van der Waals surface area contributed by atoms with Gasteiger partial charge in [-0.2, -0.15) is 0 Å². The van der Waals surface area contributed by atoms with Gasteiger partial charge in [0.1, 0.15) is 11.9 Å². The molecule has 1 N–H and O–H groups in total. The van der Waals surface area contributed by atoms with Gasteiger partial charge in [0, 0.05) is 25.2 Å². The van der Waals surface area contributed by atoms with Gasteiger partial charge in [-0.05, 0) is 54.9 Å². The molecule has 0 spiro atoms. The van der Waals surface area contributed by atoms with Gasteiger partial charge in [0.2, 0.25) is 0 Å². The van der Waals surface area contributed by atoms with Crippen LogP contribution >= 0.6 is 11.5 Å². The van der Waals surface area contributed by atoms with Crippen LogP contribution in [0.1, 0.15) is 54.5 Å². The molecule has 2 aromatic rings. The predicted octanol–water partition coefficient (Wildman–Crippen LogP) is 3.67. The number of rotatable bonds is 6. The Hall–Kier alpha value is -1.99. The third kappa shape index (κ3) is 6.01. The summed E-state index contributed by atoms with van der Waals surface area (Å²) in [6, 6.07) is 7.44. The van der Waals surface area contributed by atoms with Crippen LogP contribution in [0.3, 0.4) is 0 Å². The van der Waals surface area contributed by atoms with Crippen molar-refractivity contribution in [1.29, 1.82) is 0 Å². The number of carbonyl (C=O) groups is 1. The molecule has 0 atom stereocenters. The summed E-state index contributed by atoms with van der Waals surface area (Å²) >= 11 is 1.31. The van der Waals surface area contributed by atoms with Crippen LogP contribution in [0, 0.1) is 12.3 Å². The molecule has 28 heavy (non-hydrogen) atoms. The number of benzene rings is 1. The minimum absolute atomic E-state index is 0.113. The van der Waals surface area contributed by atoms with E-state index in [-0.39, 0.29) is 12.0 Å². The van der Waals surface area contributed by atoms with Crippen LogP contribution in [0.15, 0.2) is 24.3 Å². The number of amides is 1. The summed E-state index contributed by atoms with van der Waals surface area (Å²) in [5.74, 6) is 0.649. The number of hydrogen-bond acceptors (Lipinski definition) is 6. The van der Waals surface area contributed by atoms with Crippen molar-refractivity contribution in [3.8, 4) is 5.75 Å². The summed E-state index contributed by atoms with van der Waals surface area (Å²) in [5.41, 5.74) is 1.79. The molecule has 152 valence electrons. The molecule has 7 heteroatoms. The van der Waals surface area contributed by atoms with E-state index in [9.17, 15) is 4.79 Å². The lowest BCUT2D eigenvalue weighted by Crippen LogP contribution is -2.42. The van der Waals surface area contributed by atoms with Gasteiger partial charge in [-0.3, -0.25) is 4.79 Å². The summed E-state index contributed by atoms with van der Waals surface area (Å²) in [6.07, 6.45) is 2.24. The molecule has 1 saturated heterocycles. The van der Waals surface area contributed by atoms with Gasteiger partial charge in [-0.25, -0.2) is 0 Å². The number of aryl methyl sites for hydroxylation is 1. The number of ether oxygens (including phenoxy) is 1. The number of piperidine rings is 1. The van der Waals surface area contributed by atoms with Crippen LogP contribution in [0.4, 0.5) is 0 Å². The maximum Gasteiger partial charge on any atom is 0.251 e. The first-order chi connectivity index (χ1) is 13.3. The number of aromatic nitrogens is 2. The minimum atomic E-state index is -0.113. The second-order valence-electron chi connectivity index (χ2n) is 8.65. The zero-order valence-electron chi connectivity index (χ0n) is 17.2. The molecule has 1 aliphatic rings. The average molecular weight is 403 g/mol. The summed E-state index contributed by atoms with van der Waals surface area (Å²) in [5, 5.41) is 6.89. The van der Waals surface area contributed by atoms with Gasteiger partial charge < -0.3 is 15.0 Å². The predicted molar refractivity (Wildman–Crippen MR) is 112 cm³/mol. The first kappa shape index (κ1) is 20.7. The second-order valence-corrected chi connectivity index (χ2v) is 9.48. The quantitative estimate of drug-likeness (QED) is 0.799. The first-order valence-electron chi connectivity index (χ1n) is 9.85. The topological polar surface area (TPSA) is 67.3 Å². The highest BCUT2D eigenvalue weighted by molar-refractivity contribution is 7.05. The number of carbonyl (C=O) groups excluding carboxylic acids is 1. The van der Waals surface area contributed by atoms with Gasteiger partial charge >= 0.3 is 0 Å². The van der Waals surface area contributed by atoms with E-state index in [1.165, 1.54) is 11.5 Å². The number of hydrogen-bond donors (Lipinski definition) is 1. The van der Waals surface area contributed by atoms with E-state index in [0.717, 1.165) is 48.8 Å². The highest BCUT2D eigenvalue weighted by Crippen LogP contribution is 2.23. The molecule has 0 bridgehead atoms. The zero-order chi connectivity index (χ0) is 20.1. The molecular weight excluding hydrogens is 372 g/mol. The maximum atomic E-state index is 12.5. The van der Waals surface area contributed by atoms with Gasteiger partial charge in [-0.15, -0.1) is 5.10 Å². The molecule has 0 unspecified atom stereocenters. The maximum absolute atomic E-state index is 12.5. The smallest absolute Gasteiger partial charge is 0.251 e. The van der Waals surface area contributed by atoms with E-state index in [4.69, 9.17) is 4.74 Å². The van der Waals surface area contributed by atoms with Gasteiger partial charge in [-0.1, -0.05) is 31.3 Å². The van der Waals surface area contributed by atoms with E-state index >= 15 is 0 Å². The Balaban J connectivity index is 1.51. The minimum Gasteiger partial charge on any atom is -0.490 e. The fourth-order valence-electron chi connectivity index (χ4n) is 3.43. The van der Waals surface area contributed by atoms with E-state index in [2.05, 4.69) is 40.6 Å². The molecule has 0 radical (unpaired) electrons. The molecule has 2 heterocycles. The Morgan fingerprint density at radius 1 is 1.32 bits per heavy atom. The van der Waals surface area contributed by atoms with Crippen molar-refractivity contribution < 1.29 is 9.53 Å². The molecule has 1 aromatic heterocycles. The van der Waals surface area contributed by atoms with Crippen molar-refractivity contribution in [2.24, 2.45) is 5.41 Å². The van der Waals surface area contributed by atoms with Crippen molar-refractivity contribution in [1.82, 2.24) is 19.8 Å². The summed E-state index contributed by atoms with van der Waals surface area (Å²) in [7, 11) is 0. The van der Waals surface area contributed by atoms with E-state index in [1.54, 1.807) is 0 Å². The molecular formula is C21H30N4O2S. The summed E-state index contributed by atoms with van der Waals surface area (Å²) < 4.78 is 10.1. The molecule has 1 aromatic carbocycles. The van der Waals surface area contributed by atoms with Gasteiger partial charge in [0.05, 0.1) is 17.1 Å². The number of nitrogens with one attached hydrogen (secondary N) is 1. The van der Waals surface area contributed by atoms with Crippen LogP contribution in [0.2, 0.25) is 0 Å². The zero-order valence-corrected chi connectivity index (χ0v) is 18.0. The third-order valence-electron chi connectivity index (χ3n) is 4.79. The van der Waals surface area contributed by atoms with E-state index < -0.39 is 0 Å². The first-order valence-corrected chi connectivity index (χ1v) is 10.6. The molecule has 3 rings (SSSR count). The summed E-state index contributed by atoms with van der Waals surface area (Å²) in [4.78, 5) is 16.0. The Bertz CT molecular complexity index is 792. The summed E-state index contributed by atoms with van der Waals surface area (Å²) in [6.45, 7) is 12.4. The third-order valence-corrected chi connectivity index (χ3v) is 5.61. The largest absolute Gasteiger partial charge is 0.490 e. The molecule has 1 aliphatic heterocycles. The Labute approximate surface area is 171 Å². The lowest BCUT2D eigenvalue weighted by atomic mass is 9.94. The van der Waals surface area contributed by atoms with Crippen LogP contribution in [0.5, 0.6) is 5.75 Å². The lowest BCUT2D eigenvalue weighted by Gasteiger charge is -2.36.